The molecule has 1 amide bonds. The Balaban J connectivity index is 2.10. The summed E-state index contributed by atoms with van der Waals surface area (Å²) in [5, 5.41) is 12.8. The quantitative estimate of drug-likeness (QED) is 0.874. The van der Waals surface area contributed by atoms with Crippen molar-refractivity contribution in [2.24, 2.45) is 5.41 Å². The number of carbonyl (C=O) groups is 2. The molecule has 1 atom stereocenters. The van der Waals surface area contributed by atoms with Gasteiger partial charge in [-0.1, -0.05) is 19.8 Å². The number of carboxylic acids is 1. The number of thiazole rings is 1. The first-order chi connectivity index (χ1) is 9.89. The van der Waals surface area contributed by atoms with E-state index in [-0.39, 0.29) is 22.2 Å². The molecule has 1 heterocycles. The number of amides is 1. The number of nitrogens with one attached hydrogen (secondary N) is 1. The third-order valence-corrected chi connectivity index (χ3v) is 5.77. The fraction of sp³-hybridized carbons (Fsp3) is 0.667. The van der Waals surface area contributed by atoms with Crippen LogP contribution in [-0.4, -0.2) is 22.0 Å². The Kier molecular flexibility index (Phi) is 4.66. The Morgan fingerprint density at radius 1 is 1.43 bits per heavy atom. The van der Waals surface area contributed by atoms with Gasteiger partial charge >= 0.3 is 5.97 Å². The minimum Gasteiger partial charge on any atom is -0.477 e. The second-order valence-corrected chi connectivity index (χ2v) is 6.84. The van der Waals surface area contributed by atoms with Crippen molar-refractivity contribution in [1.82, 2.24) is 10.3 Å². The van der Waals surface area contributed by atoms with E-state index >= 15 is 0 Å². The average molecular weight is 310 g/mol. The molecular weight excluding hydrogens is 288 g/mol. The molecule has 1 fully saturated rings. The molecule has 1 aromatic rings. The van der Waals surface area contributed by atoms with Crippen LogP contribution in [-0.2, 0) is 4.79 Å². The summed E-state index contributed by atoms with van der Waals surface area (Å²) in [6.45, 7) is 5.61. The van der Waals surface area contributed by atoms with Crippen LogP contribution in [0, 0.1) is 12.3 Å². The van der Waals surface area contributed by atoms with E-state index in [0.717, 1.165) is 43.4 Å². The Morgan fingerprint density at radius 3 is 2.52 bits per heavy atom. The van der Waals surface area contributed by atoms with Gasteiger partial charge < -0.3 is 10.4 Å². The van der Waals surface area contributed by atoms with Crippen molar-refractivity contribution in [3.63, 3.8) is 0 Å². The lowest BCUT2D eigenvalue weighted by Gasteiger charge is -2.27. The van der Waals surface area contributed by atoms with E-state index in [4.69, 9.17) is 5.11 Å². The smallest absolute Gasteiger partial charge is 0.347 e. The van der Waals surface area contributed by atoms with Crippen LogP contribution in [0.1, 0.15) is 72.4 Å². The Hall–Kier alpha value is -1.43. The van der Waals surface area contributed by atoms with Crippen LogP contribution in [0.15, 0.2) is 0 Å². The molecule has 1 saturated carbocycles. The molecule has 0 radical (unpaired) electrons. The summed E-state index contributed by atoms with van der Waals surface area (Å²) < 4.78 is 0. The largest absolute Gasteiger partial charge is 0.477 e. The molecule has 1 aromatic heterocycles. The SMILES string of the molecule is CCC1(C(=O)NC(C)c2nc(C)c(C(=O)O)s2)CCCC1. The molecule has 5 nitrogen and oxygen atoms in total. The number of aromatic nitrogens is 1. The molecule has 0 aromatic carbocycles. The molecule has 1 unspecified atom stereocenters. The summed E-state index contributed by atoms with van der Waals surface area (Å²) in [5.41, 5.74) is 0.269. The van der Waals surface area contributed by atoms with Crippen molar-refractivity contribution in [2.45, 2.75) is 58.9 Å². The number of carboxylic acid groups (broad SMARTS) is 1. The van der Waals surface area contributed by atoms with Crippen molar-refractivity contribution in [2.75, 3.05) is 0 Å². The van der Waals surface area contributed by atoms with Crippen molar-refractivity contribution in [3.8, 4) is 0 Å². The first-order valence-electron chi connectivity index (χ1n) is 7.41. The molecule has 2 N–H and O–H groups in total. The number of hydrogen-bond donors (Lipinski definition) is 2. The van der Waals surface area contributed by atoms with Crippen LogP contribution in [0.5, 0.6) is 0 Å². The molecule has 0 aliphatic heterocycles. The fourth-order valence-electron chi connectivity index (χ4n) is 3.01. The molecule has 6 heteroatoms. The third-order valence-electron chi connectivity index (χ3n) is 4.44. The van der Waals surface area contributed by atoms with E-state index in [9.17, 15) is 9.59 Å². The predicted molar refractivity (Wildman–Crippen MR) is 81.6 cm³/mol. The molecule has 0 bridgehead atoms. The zero-order chi connectivity index (χ0) is 15.6. The molecule has 2 rings (SSSR count). The number of carbonyl (C=O) groups excluding carboxylic acids is 1. The lowest BCUT2D eigenvalue weighted by molar-refractivity contribution is -0.131. The van der Waals surface area contributed by atoms with Gasteiger partial charge in [-0.15, -0.1) is 11.3 Å². The maximum absolute atomic E-state index is 12.6. The summed E-state index contributed by atoms with van der Waals surface area (Å²) >= 11 is 1.14. The Bertz CT molecular complexity index is 547. The average Bonchev–Trinajstić information content (AvgIpc) is 3.05. The van der Waals surface area contributed by atoms with E-state index in [2.05, 4.69) is 17.2 Å². The zero-order valence-electron chi connectivity index (χ0n) is 12.7. The molecular formula is C15H22N2O3S. The van der Waals surface area contributed by atoms with Gasteiger partial charge in [0.25, 0.3) is 0 Å². The second kappa shape index (κ2) is 6.13. The van der Waals surface area contributed by atoms with Crippen molar-refractivity contribution in [1.29, 1.82) is 0 Å². The van der Waals surface area contributed by atoms with Gasteiger partial charge in [0.1, 0.15) is 9.88 Å². The summed E-state index contributed by atoms with van der Waals surface area (Å²) in [6, 6.07) is -0.252. The number of aromatic carboxylic acids is 1. The molecule has 21 heavy (non-hydrogen) atoms. The highest BCUT2D eigenvalue weighted by atomic mass is 32.1. The lowest BCUT2D eigenvalue weighted by atomic mass is 9.82. The monoisotopic (exact) mass is 310 g/mol. The van der Waals surface area contributed by atoms with Crippen LogP contribution in [0.4, 0.5) is 0 Å². The van der Waals surface area contributed by atoms with Gasteiger partial charge in [0.15, 0.2) is 0 Å². The minimum absolute atomic E-state index is 0.0831. The fourth-order valence-corrected chi connectivity index (χ4v) is 3.91. The standard InChI is InChI=1S/C15H22N2O3S/c1-4-15(7-5-6-8-15)14(20)17-10(3)12-16-9(2)11(21-12)13(18)19/h10H,4-8H2,1-3H3,(H,17,20)(H,18,19). The number of hydrogen-bond acceptors (Lipinski definition) is 4. The maximum atomic E-state index is 12.6. The number of nitrogens with zero attached hydrogens (tertiary/aromatic N) is 1. The van der Waals surface area contributed by atoms with Crippen molar-refractivity contribution >= 4 is 23.2 Å². The van der Waals surface area contributed by atoms with E-state index in [1.54, 1.807) is 6.92 Å². The maximum Gasteiger partial charge on any atom is 0.347 e. The van der Waals surface area contributed by atoms with Gasteiger partial charge in [0.2, 0.25) is 5.91 Å². The Labute approximate surface area is 128 Å². The third kappa shape index (κ3) is 3.10. The van der Waals surface area contributed by atoms with E-state index in [1.807, 2.05) is 6.92 Å². The lowest BCUT2D eigenvalue weighted by Crippen LogP contribution is -2.40. The topological polar surface area (TPSA) is 79.3 Å². The first-order valence-corrected chi connectivity index (χ1v) is 8.23. The Morgan fingerprint density at radius 2 is 2.05 bits per heavy atom. The zero-order valence-corrected chi connectivity index (χ0v) is 13.5. The van der Waals surface area contributed by atoms with Crippen molar-refractivity contribution in [3.05, 3.63) is 15.6 Å². The van der Waals surface area contributed by atoms with Crippen LogP contribution >= 0.6 is 11.3 Å². The second-order valence-electron chi connectivity index (χ2n) is 5.81. The highest BCUT2D eigenvalue weighted by Gasteiger charge is 2.39. The highest BCUT2D eigenvalue weighted by Crippen LogP contribution is 2.41. The van der Waals surface area contributed by atoms with E-state index in [1.165, 1.54) is 0 Å². The van der Waals surface area contributed by atoms with Gasteiger partial charge in [-0.25, -0.2) is 9.78 Å². The first kappa shape index (κ1) is 15.9. The number of aryl methyl sites for hydroxylation is 1. The van der Waals surface area contributed by atoms with Crippen molar-refractivity contribution < 1.29 is 14.7 Å². The minimum atomic E-state index is -0.962. The van der Waals surface area contributed by atoms with Crippen LogP contribution < -0.4 is 5.32 Å². The predicted octanol–water partition coefficient (Wildman–Crippen LogP) is 3.30. The molecule has 0 saturated heterocycles. The van der Waals surface area contributed by atoms with Gasteiger partial charge in [0, 0.05) is 5.41 Å². The van der Waals surface area contributed by atoms with Gasteiger partial charge in [0.05, 0.1) is 11.7 Å². The van der Waals surface area contributed by atoms with Gasteiger partial charge in [-0.05, 0) is 33.1 Å². The van der Waals surface area contributed by atoms with E-state index in [0.29, 0.717) is 10.7 Å². The summed E-state index contributed by atoms with van der Waals surface area (Å²) in [5.74, 6) is -0.879. The molecule has 1 aliphatic rings. The van der Waals surface area contributed by atoms with Gasteiger partial charge in [-0.2, -0.15) is 0 Å². The summed E-state index contributed by atoms with van der Waals surface area (Å²) in [6.07, 6.45) is 4.95. The van der Waals surface area contributed by atoms with Gasteiger partial charge in [-0.3, -0.25) is 4.79 Å². The highest BCUT2D eigenvalue weighted by molar-refractivity contribution is 7.13. The molecule has 1 aliphatic carbocycles. The summed E-state index contributed by atoms with van der Waals surface area (Å²) in [7, 11) is 0. The molecule has 116 valence electrons. The normalized spacial score (nSPS) is 18.4. The van der Waals surface area contributed by atoms with Crippen LogP contribution in [0.3, 0.4) is 0 Å². The van der Waals surface area contributed by atoms with Crippen LogP contribution in [0.25, 0.3) is 0 Å². The molecule has 0 spiro atoms. The van der Waals surface area contributed by atoms with Crippen LogP contribution in [0.2, 0.25) is 0 Å². The van der Waals surface area contributed by atoms with E-state index < -0.39 is 5.97 Å². The number of rotatable bonds is 5. The summed E-state index contributed by atoms with van der Waals surface area (Å²) in [4.78, 5) is 28.2.